The van der Waals surface area contributed by atoms with E-state index in [1.54, 1.807) is 0 Å². The van der Waals surface area contributed by atoms with Crippen molar-refractivity contribution in [1.29, 1.82) is 0 Å². The lowest BCUT2D eigenvalue weighted by Crippen LogP contribution is -2.25. The summed E-state index contributed by atoms with van der Waals surface area (Å²) in [5.41, 5.74) is 0. The molecule has 0 aliphatic carbocycles. The Bertz CT molecular complexity index is 339. The minimum absolute atomic E-state index is 0.195. The Balaban J connectivity index is 3.41. The largest absolute Gasteiger partial charge is 0.457 e. The number of hydrogen-bond donors (Lipinski definition) is 3. The molecule has 0 unspecified atom stereocenters. The Labute approximate surface area is 159 Å². The van der Waals surface area contributed by atoms with Gasteiger partial charge in [0.05, 0.1) is 19.3 Å². The molecule has 0 aromatic rings. The highest BCUT2D eigenvalue weighted by atomic mass is 16.6. The minimum Gasteiger partial charge on any atom is -0.457 e. The Morgan fingerprint density at radius 3 is 2.27 bits per heavy atom. The van der Waals surface area contributed by atoms with Gasteiger partial charge in [-0.1, -0.05) is 64.0 Å². The van der Waals surface area contributed by atoms with E-state index in [1.165, 1.54) is 19.3 Å². The van der Waals surface area contributed by atoms with Crippen LogP contribution in [0.15, 0.2) is 12.2 Å². The fraction of sp³-hybridized carbons (Fsp3) is 0.857. The van der Waals surface area contributed by atoms with E-state index in [2.05, 4.69) is 19.1 Å². The third-order valence-electron chi connectivity index (χ3n) is 4.42. The van der Waals surface area contributed by atoms with Crippen LogP contribution in [0.1, 0.15) is 90.4 Å². The third-order valence-corrected chi connectivity index (χ3v) is 4.42. The highest BCUT2D eigenvalue weighted by Crippen LogP contribution is 2.11. The second-order valence-corrected chi connectivity index (χ2v) is 6.99. The second kappa shape index (κ2) is 18.9. The van der Waals surface area contributed by atoms with Crippen LogP contribution in [0, 0.1) is 0 Å². The van der Waals surface area contributed by atoms with Crippen molar-refractivity contribution in [2.75, 3.05) is 13.2 Å². The molecule has 0 saturated carbocycles. The van der Waals surface area contributed by atoms with Crippen LogP contribution in [0.2, 0.25) is 0 Å². The van der Waals surface area contributed by atoms with Gasteiger partial charge in [0.2, 0.25) is 0 Å². The molecule has 0 amide bonds. The molecule has 5 nitrogen and oxygen atoms in total. The summed E-state index contributed by atoms with van der Waals surface area (Å²) in [6, 6.07) is 0. The highest BCUT2D eigenvalue weighted by Gasteiger charge is 2.11. The number of esters is 1. The van der Waals surface area contributed by atoms with Gasteiger partial charge in [-0.25, -0.2) is 0 Å². The first-order valence-corrected chi connectivity index (χ1v) is 10.4. The molecule has 0 saturated heterocycles. The molecule has 0 aromatic heterocycles. The summed E-state index contributed by atoms with van der Waals surface area (Å²) in [6.45, 7) is 1.51. The van der Waals surface area contributed by atoms with Crippen molar-refractivity contribution in [1.82, 2.24) is 0 Å². The van der Waals surface area contributed by atoms with E-state index < -0.39 is 6.10 Å². The molecule has 0 rings (SSSR count). The highest BCUT2D eigenvalue weighted by molar-refractivity contribution is 5.69. The maximum Gasteiger partial charge on any atom is 0.306 e. The number of aliphatic hydroxyl groups is 3. The third kappa shape index (κ3) is 16.6. The van der Waals surface area contributed by atoms with Gasteiger partial charge in [0.1, 0.15) is 6.10 Å². The molecule has 0 heterocycles. The van der Waals surface area contributed by atoms with Crippen LogP contribution in [0.4, 0.5) is 0 Å². The van der Waals surface area contributed by atoms with Gasteiger partial charge in [0.15, 0.2) is 0 Å². The van der Waals surface area contributed by atoms with Gasteiger partial charge in [-0.15, -0.1) is 0 Å². The number of rotatable bonds is 18. The van der Waals surface area contributed by atoms with Crippen LogP contribution in [0.5, 0.6) is 0 Å². The summed E-state index contributed by atoms with van der Waals surface area (Å²) < 4.78 is 4.91. The van der Waals surface area contributed by atoms with Crippen molar-refractivity contribution in [2.45, 2.75) is 103 Å². The Kier molecular flexibility index (Phi) is 18.2. The van der Waals surface area contributed by atoms with Crippen molar-refractivity contribution < 1.29 is 24.9 Å². The lowest BCUT2D eigenvalue weighted by molar-refractivity contribution is -0.153. The summed E-state index contributed by atoms with van der Waals surface area (Å²) in [4.78, 5) is 11.5. The molecular weight excluding hydrogens is 332 g/mol. The van der Waals surface area contributed by atoms with E-state index in [4.69, 9.17) is 14.9 Å². The average molecular weight is 373 g/mol. The van der Waals surface area contributed by atoms with Crippen LogP contribution in [-0.2, 0) is 9.53 Å². The first-order chi connectivity index (χ1) is 12.6. The molecule has 0 bridgehead atoms. The van der Waals surface area contributed by atoms with Crippen molar-refractivity contribution >= 4 is 5.97 Å². The van der Waals surface area contributed by atoms with Gasteiger partial charge >= 0.3 is 5.97 Å². The van der Waals surface area contributed by atoms with Crippen molar-refractivity contribution in [3.05, 3.63) is 12.2 Å². The molecule has 0 fully saturated rings. The molecule has 5 heteroatoms. The van der Waals surface area contributed by atoms with Gasteiger partial charge in [-0.05, 0) is 32.1 Å². The first kappa shape index (κ1) is 25.1. The molecular formula is C21H40O5. The summed E-state index contributed by atoms with van der Waals surface area (Å²) >= 11 is 0. The Morgan fingerprint density at radius 1 is 0.923 bits per heavy atom. The molecule has 3 N–H and O–H groups in total. The van der Waals surface area contributed by atoms with Crippen LogP contribution >= 0.6 is 0 Å². The zero-order valence-electron chi connectivity index (χ0n) is 16.6. The van der Waals surface area contributed by atoms with Gasteiger partial charge in [-0.2, -0.15) is 0 Å². The average Bonchev–Trinajstić information content (AvgIpc) is 2.64. The van der Waals surface area contributed by atoms with Gasteiger partial charge in [0, 0.05) is 6.42 Å². The molecule has 1 atom stereocenters. The van der Waals surface area contributed by atoms with E-state index in [-0.39, 0.29) is 25.3 Å². The number of hydrogen-bond acceptors (Lipinski definition) is 5. The SMILES string of the molecule is CCCCCC[C@@H](O)CC=CCCCCCCCC(=O)OC(CO)CO. The molecule has 0 spiro atoms. The monoisotopic (exact) mass is 372 g/mol. The molecule has 0 aliphatic heterocycles. The summed E-state index contributed by atoms with van der Waals surface area (Å²) in [7, 11) is 0. The van der Waals surface area contributed by atoms with Gasteiger partial charge in [-0.3, -0.25) is 4.79 Å². The summed E-state index contributed by atoms with van der Waals surface area (Å²) in [5, 5.41) is 27.5. The zero-order valence-corrected chi connectivity index (χ0v) is 16.6. The number of carbonyl (C=O) groups excluding carboxylic acids is 1. The van der Waals surface area contributed by atoms with Gasteiger partial charge < -0.3 is 20.1 Å². The fourth-order valence-electron chi connectivity index (χ4n) is 2.73. The standard InChI is InChI=1S/C21H40O5/c1-2-3-4-11-14-19(24)15-12-9-7-5-6-8-10-13-16-21(25)26-20(17-22)18-23/h9,12,19-20,22-24H,2-8,10-11,13-18H2,1H3/t19-/m1/s1. The summed E-state index contributed by atoms with van der Waals surface area (Å²) in [6.07, 6.45) is 16.3. The molecule has 0 aliphatic rings. The number of unbranched alkanes of at least 4 members (excludes halogenated alkanes) is 8. The quantitative estimate of drug-likeness (QED) is 0.193. The van der Waals surface area contributed by atoms with Crippen molar-refractivity contribution in [3.8, 4) is 0 Å². The topological polar surface area (TPSA) is 87.0 Å². The van der Waals surface area contributed by atoms with E-state index in [9.17, 15) is 9.90 Å². The van der Waals surface area contributed by atoms with E-state index in [0.717, 1.165) is 57.8 Å². The van der Waals surface area contributed by atoms with Crippen LogP contribution < -0.4 is 0 Å². The molecule has 0 aromatic carbocycles. The lowest BCUT2D eigenvalue weighted by atomic mass is 10.1. The van der Waals surface area contributed by atoms with Crippen LogP contribution in [0.25, 0.3) is 0 Å². The predicted octanol–water partition coefficient (Wildman–Crippen LogP) is 3.89. The fourth-order valence-corrected chi connectivity index (χ4v) is 2.73. The maximum absolute atomic E-state index is 11.5. The molecule has 154 valence electrons. The minimum atomic E-state index is -0.788. The van der Waals surface area contributed by atoms with Crippen LogP contribution in [-0.4, -0.2) is 46.7 Å². The Hall–Kier alpha value is -0.910. The molecule has 0 radical (unpaired) electrons. The Morgan fingerprint density at radius 2 is 1.58 bits per heavy atom. The van der Waals surface area contributed by atoms with E-state index in [0.29, 0.717) is 6.42 Å². The zero-order chi connectivity index (χ0) is 19.5. The van der Waals surface area contributed by atoms with Crippen molar-refractivity contribution in [3.63, 3.8) is 0 Å². The van der Waals surface area contributed by atoms with E-state index in [1.807, 2.05) is 0 Å². The first-order valence-electron chi connectivity index (χ1n) is 10.4. The molecule has 26 heavy (non-hydrogen) atoms. The second-order valence-electron chi connectivity index (χ2n) is 6.99. The number of aliphatic hydroxyl groups excluding tert-OH is 3. The lowest BCUT2D eigenvalue weighted by Gasteiger charge is -2.12. The number of allylic oxidation sites excluding steroid dienone is 1. The number of ether oxygens (including phenoxy) is 1. The summed E-state index contributed by atoms with van der Waals surface area (Å²) in [5.74, 6) is -0.353. The van der Waals surface area contributed by atoms with Gasteiger partial charge in [0.25, 0.3) is 0 Å². The number of carbonyl (C=O) groups is 1. The maximum atomic E-state index is 11.5. The van der Waals surface area contributed by atoms with E-state index >= 15 is 0 Å². The predicted molar refractivity (Wildman–Crippen MR) is 105 cm³/mol. The van der Waals surface area contributed by atoms with Crippen molar-refractivity contribution in [2.24, 2.45) is 0 Å². The van der Waals surface area contributed by atoms with Crippen LogP contribution in [0.3, 0.4) is 0 Å². The normalized spacial score (nSPS) is 12.8. The smallest absolute Gasteiger partial charge is 0.306 e.